The minimum absolute atomic E-state index is 0.0737. The quantitative estimate of drug-likeness (QED) is 0.794. The zero-order chi connectivity index (χ0) is 10.7. The van der Waals surface area contributed by atoms with Crippen molar-refractivity contribution in [3.63, 3.8) is 0 Å². The number of nitrogens with zero attached hydrogens (tertiary/aromatic N) is 1. The second-order valence-corrected chi connectivity index (χ2v) is 3.65. The molecule has 1 aliphatic heterocycles. The van der Waals surface area contributed by atoms with Crippen LogP contribution in [0.3, 0.4) is 0 Å². The van der Waals surface area contributed by atoms with Crippen molar-refractivity contribution in [1.82, 2.24) is 10.3 Å². The SMILES string of the molecule is COc1cccc(CC2CCNC2=O)n1. The summed E-state index contributed by atoms with van der Waals surface area (Å²) in [5, 5.41) is 2.82. The summed E-state index contributed by atoms with van der Waals surface area (Å²) in [6, 6.07) is 5.63. The van der Waals surface area contributed by atoms with Gasteiger partial charge in [0.1, 0.15) is 0 Å². The van der Waals surface area contributed by atoms with Gasteiger partial charge < -0.3 is 10.1 Å². The van der Waals surface area contributed by atoms with Crippen LogP contribution in [-0.4, -0.2) is 24.5 Å². The van der Waals surface area contributed by atoms with Gasteiger partial charge in [0, 0.05) is 30.6 Å². The third kappa shape index (κ3) is 2.26. The smallest absolute Gasteiger partial charge is 0.223 e. The molecule has 0 bridgehead atoms. The molecule has 1 atom stereocenters. The molecule has 1 aliphatic rings. The van der Waals surface area contributed by atoms with Gasteiger partial charge in [-0.15, -0.1) is 0 Å². The van der Waals surface area contributed by atoms with Gasteiger partial charge >= 0.3 is 0 Å². The van der Waals surface area contributed by atoms with E-state index in [0.717, 1.165) is 18.7 Å². The Morgan fingerprint density at radius 3 is 3.13 bits per heavy atom. The van der Waals surface area contributed by atoms with E-state index < -0.39 is 0 Å². The van der Waals surface area contributed by atoms with E-state index in [4.69, 9.17) is 4.74 Å². The van der Waals surface area contributed by atoms with Gasteiger partial charge in [-0.05, 0) is 12.5 Å². The van der Waals surface area contributed by atoms with Gasteiger partial charge in [0.2, 0.25) is 11.8 Å². The highest BCUT2D eigenvalue weighted by Gasteiger charge is 2.24. The lowest BCUT2D eigenvalue weighted by Crippen LogP contribution is -2.20. The number of ether oxygens (including phenoxy) is 1. The predicted molar refractivity (Wildman–Crippen MR) is 55.6 cm³/mol. The summed E-state index contributed by atoms with van der Waals surface area (Å²) in [7, 11) is 1.59. The fourth-order valence-corrected chi connectivity index (χ4v) is 1.78. The van der Waals surface area contributed by atoms with Gasteiger partial charge in [-0.2, -0.15) is 0 Å². The first kappa shape index (κ1) is 9.96. The van der Waals surface area contributed by atoms with Gasteiger partial charge in [0.15, 0.2) is 0 Å². The minimum Gasteiger partial charge on any atom is -0.481 e. The van der Waals surface area contributed by atoms with Crippen LogP contribution in [0.5, 0.6) is 5.88 Å². The molecule has 0 spiro atoms. The number of hydrogen-bond donors (Lipinski definition) is 1. The Morgan fingerprint density at radius 1 is 1.60 bits per heavy atom. The first-order valence-corrected chi connectivity index (χ1v) is 5.07. The van der Waals surface area contributed by atoms with E-state index in [9.17, 15) is 4.79 Å². The third-order valence-electron chi connectivity index (χ3n) is 2.61. The van der Waals surface area contributed by atoms with Gasteiger partial charge in [-0.25, -0.2) is 4.98 Å². The van der Waals surface area contributed by atoms with Crippen molar-refractivity contribution in [2.24, 2.45) is 5.92 Å². The fourth-order valence-electron chi connectivity index (χ4n) is 1.78. The second-order valence-electron chi connectivity index (χ2n) is 3.65. The highest BCUT2D eigenvalue weighted by molar-refractivity contribution is 5.80. The maximum Gasteiger partial charge on any atom is 0.223 e. The molecule has 2 heterocycles. The first-order chi connectivity index (χ1) is 7.29. The van der Waals surface area contributed by atoms with Crippen molar-refractivity contribution in [2.45, 2.75) is 12.8 Å². The molecule has 1 aromatic heterocycles. The molecule has 0 aliphatic carbocycles. The standard InChI is InChI=1S/C11H14N2O2/c1-15-10-4-2-3-9(13-10)7-8-5-6-12-11(8)14/h2-4,8H,5-7H2,1H3,(H,12,14). The number of methoxy groups -OCH3 is 1. The van der Waals surface area contributed by atoms with Crippen LogP contribution in [0.4, 0.5) is 0 Å². The normalized spacial score (nSPS) is 20.1. The van der Waals surface area contributed by atoms with Crippen molar-refractivity contribution in [3.05, 3.63) is 23.9 Å². The average Bonchev–Trinajstić information content (AvgIpc) is 2.65. The monoisotopic (exact) mass is 206 g/mol. The lowest BCUT2D eigenvalue weighted by Gasteiger charge is -2.06. The molecule has 1 saturated heterocycles. The molecule has 80 valence electrons. The zero-order valence-corrected chi connectivity index (χ0v) is 8.69. The Morgan fingerprint density at radius 2 is 2.47 bits per heavy atom. The average molecular weight is 206 g/mol. The van der Waals surface area contributed by atoms with Crippen LogP contribution < -0.4 is 10.1 Å². The molecule has 1 fully saturated rings. The summed E-state index contributed by atoms with van der Waals surface area (Å²) >= 11 is 0. The second kappa shape index (κ2) is 4.29. The van der Waals surface area contributed by atoms with E-state index in [1.54, 1.807) is 13.2 Å². The summed E-state index contributed by atoms with van der Waals surface area (Å²) < 4.78 is 5.03. The van der Waals surface area contributed by atoms with E-state index in [1.165, 1.54) is 0 Å². The number of aromatic nitrogens is 1. The largest absolute Gasteiger partial charge is 0.481 e. The number of carbonyl (C=O) groups excluding carboxylic acids is 1. The Balaban J connectivity index is 2.06. The number of carbonyl (C=O) groups is 1. The molecule has 1 amide bonds. The Kier molecular flexibility index (Phi) is 2.85. The lowest BCUT2D eigenvalue weighted by atomic mass is 10.0. The van der Waals surface area contributed by atoms with Crippen LogP contribution in [-0.2, 0) is 11.2 Å². The Hall–Kier alpha value is -1.58. The van der Waals surface area contributed by atoms with Crippen LogP contribution >= 0.6 is 0 Å². The molecule has 0 aromatic carbocycles. The molecule has 0 saturated carbocycles. The molecule has 2 rings (SSSR count). The van der Waals surface area contributed by atoms with E-state index in [0.29, 0.717) is 12.3 Å². The zero-order valence-electron chi connectivity index (χ0n) is 8.69. The van der Waals surface area contributed by atoms with Crippen LogP contribution in [0.25, 0.3) is 0 Å². The highest BCUT2D eigenvalue weighted by Crippen LogP contribution is 2.16. The van der Waals surface area contributed by atoms with E-state index in [2.05, 4.69) is 10.3 Å². The number of nitrogens with one attached hydrogen (secondary N) is 1. The van der Waals surface area contributed by atoms with Gasteiger partial charge in [-0.1, -0.05) is 6.07 Å². The summed E-state index contributed by atoms with van der Waals surface area (Å²) in [6.45, 7) is 0.785. The summed E-state index contributed by atoms with van der Waals surface area (Å²) in [5.41, 5.74) is 0.913. The van der Waals surface area contributed by atoms with Crippen LogP contribution in [0.2, 0.25) is 0 Å². The van der Waals surface area contributed by atoms with E-state index >= 15 is 0 Å². The summed E-state index contributed by atoms with van der Waals surface area (Å²) in [6.07, 6.45) is 1.60. The van der Waals surface area contributed by atoms with E-state index in [-0.39, 0.29) is 11.8 Å². The Bertz CT molecular complexity index is 365. The third-order valence-corrected chi connectivity index (χ3v) is 2.61. The Labute approximate surface area is 88.7 Å². The van der Waals surface area contributed by atoms with E-state index in [1.807, 2.05) is 12.1 Å². The number of hydrogen-bond acceptors (Lipinski definition) is 3. The van der Waals surface area contributed by atoms with Crippen molar-refractivity contribution in [1.29, 1.82) is 0 Å². The maximum absolute atomic E-state index is 11.4. The number of pyridine rings is 1. The summed E-state index contributed by atoms with van der Waals surface area (Å²) in [5.74, 6) is 0.815. The fraction of sp³-hybridized carbons (Fsp3) is 0.455. The molecule has 1 aromatic rings. The first-order valence-electron chi connectivity index (χ1n) is 5.07. The molecule has 4 heteroatoms. The van der Waals surface area contributed by atoms with Gasteiger partial charge in [0.25, 0.3) is 0 Å². The van der Waals surface area contributed by atoms with Crippen molar-refractivity contribution >= 4 is 5.91 Å². The predicted octanol–water partition coefficient (Wildman–Crippen LogP) is 0.769. The van der Waals surface area contributed by atoms with Crippen molar-refractivity contribution in [3.8, 4) is 5.88 Å². The van der Waals surface area contributed by atoms with Gasteiger partial charge in [0.05, 0.1) is 7.11 Å². The summed E-state index contributed by atoms with van der Waals surface area (Å²) in [4.78, 5) is 15.6. The lowest BCUT2D eigenvalue weighted by molar-refractivity contribution is -0.122. The van der Waals surface area contributed by atoms with Crippen LogP contribution in [0, 0.1) is 5.92 Å². The maximum atomic E-state index is 11.4. The molecule has 1 unspecified atom stereocenters. The highest BCUT2D eigenvalue weighted by atomic mass is 16.5. The van der Waals surface area contributed by atoms with Crippen molar-refractivity contribution < 1.29 is 9.53 Å². The molecule has 15 heavy (non-hydrogen) atoms. The minimum atomic E-state index is 0.0737. The molecule has 0 radical (unpaired) electrons. The molecule has 4 nitrogen and oxygen atoms in total. The van der Waals surface area contributed by atoms with Crippen LogP contribution in [0.15, 0.2) is 18.2 Å². The topological polar surface area (TPSA) is 51.2 Å². The number of rotatable bonds is 3. The van der Waals surface area contributed by atoms with Crippen molar-refractivity contribution in [2.75, 3.05) is 13.7 Å². The molecular formula is C11H14N2O2. The van der Waals surface area contributed by atoms with Gasteiger partial charge in [-0.3, -0.25) is 4.79 Å². The number of amides is 1. The molecule has 1 N–H and O–H groups in total. The van der Waals surface area contributed by atoms with Crippen LogP contribution in [0.1, 0.15) is 12.1 Å². The molecular weight excluding hydrogens is 192 g/mol.